The molecule has 1 saturated heterocycles. The second-order valence-corrected chi connectivity index (χ2v) is 8.54. The summed E-state index contributed by atoms with van der Waals surface area (Å²) in [7, 11) is 0. The summed E-state index contributed by atoms with van der Waals surface area (Å²) in [5, 5.41) is 3.14. The lowest BCUT2D eigenvalue weighted by Gasteiger charge is -2.32. The van der Waals surface area contributed by atoms with Gasteiger partial charge in [0.15, 0.2) is 0 Å². The van der Waals surface area contributed by atoms with E-state index in [1.54, 1.807) is 6.20 Å². The van der Waals surface area contributed by atoms with E-state index in [9.17, 15) is 4.79 Å². The molecular weight excluding hydrogens is 362 g/mol. The van der Waals surface area contributed by atoms with Crippen molar-refractivity contribution in [2.45, 2.75) is 52.0 Å². The SMILES string of the molecule is CC(C)Cc1ccc([C@H](C)NC(=O)CN2CCC[C@@H](c3ccnc(N)n3)C2)cc1. The van der Waals surface area contributed by atoms with Crippen molar-refractivity contribution in [3.63, 3.8) is 0 Å². The van der Waals surface area contributed by atoms with Gasteiger partial charge in [-0.3, -0.25) is 9.69 Å². The van der Waals surface area contributed by atoms with E-state index < -0.39 is 0 Å². The molecule has 1 fully saturated rings. The number of anilines is 1. The summed E-state index contributed by atoms with van der Waals surface area (Å²) < 4.78 is 0. The zero-order valence-electron chi connectivity index (χ0n) is 17.8. The first-order chi connectivity index (χ1) is 13.9. The fourth-order valence-electron chi connectivity index (χ4n) is 4.04. The molecule has 1 aliphatic rings. The molecule has 0 unspecified atom stereocenters. The van der Waals surface area contributed by atoms with Gasteiger partial charge in [-0.1, -0.05) is 38.1 Å². The standard InChI is InChI=1S/C23H33N5O/c1-16(2)13-18-6-8-19(9-7-18)17(3)26-22(29)15-28-12-4-5-20(14-28)21-10-11-25-23(24)27-21/h6-11,16-17,20H,4-5,12-15H2,1-3H3,(H,26,29)(H2,24,25,27)/t17-,20+/m0/s1. The van der Waals surface area contributed by atoms with Crippen molar-refractivity contribution in [2.24, 2.45) is 5.92 Å². The summed E-state index contributed by atoms with van der Waals surface area (Å²) in [5.41, 5.74) is 9.17. The third-order valence-corrected chi connectivity index (χ3v) is 5.49. The maximum absolute atomic E-state index is 12.6. The van der Waals surface area contributed by atoms with Crippen molar-refractivity contribution >= 4 is 11.9 Å². The first-order valence-corrected chi connectivity index (χ1v) is 10.6. The summed E-state index contributed by atoms with van der Waals surface area (Å²) in [4.78, 5) is 23.1. The number of piperidine rings is 1. The van der Waals surface area contributed by atoms with Gasteiger partial charge in [-0.25, -0.2) is 9.97 Å². The summed E-state index contributed by atoms with van der Waals surface area (Å²) >= 11 is 0. The second-order valence-electron chi connectivity index (χ2n) is 8.54. The van der Waals surface area contributed by atoms with Gasteiger partial charge in [0, 0.05) is 18.7 Å². The fraction of sp³-hybridized carbons (Fsp3) is 0.522. The van der Waals surface area contributed by atoms with Gasteiger partial charge in [0.1, 0.15) is 0 Å². The van der Waals surface area contributed by atoms with Crippen LogP contribution in [0.2, 0.25) is 0 Å². The molecule has 2 atom stereocenters. The van der Waals surface area contributed by atoms with Gasteiger partial charge in [-0.2, -0.15) is 0 Å². The third kappa shape index (κ3) is 6.26. The van der Waals surface area contributed by atoms with E-state index in [1.165, 1.54) is 5.56 Å². The van der Waals surface area contributed by atoms with Crippen molar-refractivity contribution in [1.82, 2.24) is 20.2 Å². The molecule has 0 spiro atoms. The molecule has 29 heavy (non-hydrogen) atoms. The summed E-state index contributed by atoms with van der Waals surface area (Å²) in [6.07, 6.45) is 4.90. The van der Waals surface area contributed by atoms with Crippen LogP contribution in [0.5, 0.6) is 0 Å². The van der Waals surface area contributed by atoms with Gasteiger partial charge >= 0.3 is 0 Å². The average molecular weight is 396 g/mol. The van der Waals surface area contributed by atoms with E-state index in [1.807, 2.05) is 13.0 Å². The van der Waals surface area contributed by atoms with Crippen LogP contribution in [-0.4, -0.2) is 40.4 Å². The molecule has 0 aliphatic carbocycles. The van der Waals surface area contributed by atoms with E-state index in [0.29, 0.717) is 24.3 Å². The van der Waals surface area contributed by atoms with Crippen LogP contribution in [0.15, 0.2) is 36.5 Å². The van der Waals surface area contributed by atoms with E-state index >= 15 is 0 Å². The number of rotatable bonds is 7. The Morgan fingerprint density at radius 1 is 1.24 bits per heavy atom. The third-order valence-electron chi connectivity index (χ3n) is 5.49. The monoisotopic (exact) mass is 395 g/mol. The Kier molecular flexibility index (Phi) is 7.20. The Bertz CT molecular complexity index is 805. The second kappa shape index (κ2) is 9.83. The van der Waals surface area contributed by atoms with Gasteiger partial charge < -0.3 is 11.1 Å². The number of benzene rings is 1. The summed E-state index contributed by atoms with van der Waals surface area (Å²) in [6, 6.07) is 10.5. The Hall–Kier alpha value is -2.47. The molecule has 6 nitrogen and oxygen atoms in total. The largest absolute Gasteiger partial charge is 0.368 e. The molecule has 1 aliphatic heterocycles. The van der Waals surface area contributed by atoms with Gasteiger partial charge in [-0.15, -0.1) is 0 Å². The molecule has 0 saturated carbocycles. The minimum absolute atomic E-state index is 0.00199. The zero-order chi connectivity index (χ0) is 20.8. The maximum atomic E-state index is 12.6. The van der Waals surface area contributed by atoms with Gasteiger partial charge in [0.25, 0.3) is 0 Å². The predicted octanol–water partition coefficient (Wildman–Crippen LogP) is 3.31. The van der Waals surface area contributed by atoms with Crippen LogP contribution < -0.4 is 11.1 Å². The first kappa shape index (κ1) is 21.2. The molecule has 6 heteroatoms. The lowest BCUT2D eigenvalue weighted by atomic mass is 9.94. The van der Waals surface area contributed by atoms with Gasteiger partial charge in [0.05, 0.1) is 18.3 Å². The van der Waals surface area contributed by atoms with Gasteiger partial charge in [0.2, 0.25) is 11.9 Å². The highest BCUT2D eigenvalue weighted by Gasteiger charge is 2.24. The number of carbonyl (C=O) groups excluding carboxylic acids is 1. The number of nitrogen functional groups attached to an aromatic ring is 1. The normalized spacial score (nSPS) is 18.6. The van der Waals surface area contributed by atoms with Crippen LogP contribution in [0.3, 0.4) is 0 Å². The number of carbonyl (C=O) groups is 1. The van der Waals surface area contributed by atoms with Crippen LogP contribution in [0.4, 0.5) is 5.95 Å². The highest BCUT2D eigenvalue weighted by atomic mass is 16.2. The Morgan fingerprint density at radius 3 is 2.69 bits per heavy atom. The van der Waals surface area contributed by atoms with Crippen LogP contribution >= 0.6 is 0 Å². The van der Waals surface area contributed by atoms with Crippen LogP contribution in [0.25, 0.3) is 0 Å². The number of amides is 1. The van der Waals surface area contributed by atoms with Crippen LogP contribution in [-0.2, 0) is 11.2 Å². The summed E-state index contributed by atoms with van der Waals surface area (Å²) in [5.74, 6) is 1.31. The molecule has 1 amide bonds. The molecule has 0 bridgehead atoms. The zero-order valence-corrected chi connectivity index (χ0v) is 17.8. The molecule has 1 aromatic carbocycles. The molecule has 3 rings (SSSR count). The number of hydrogen-bond acceptors (Lipinski definition) is 5. The maximum Gasteiger partial charge on any atom is 0.234 e. The number of nitrogens with one attached hydrogen (secondary N) is 1. The van der Waals surface area contributed by atoms with Crippen LogP contribution in [0, 0.1) is 5.92 Å². The molecule has 156 valence electrons. The smallest absolute Gasteiger partial charge is 0.234 e. The van der Waals surface area contributed by atoms with Crippen molar-refractivity contribution < 1.29 is 4.79 Å². The first-order valence-electron chi connectivity index (χ1n) is 10.6. The predicted molar refractivity (Wildman–Crippen MR) is 116 cm³/mol. The minimum Gasteiger partial charge on any atom is -0.368 e. The minimum atomic E-state index is -0.00199. The number of nitrogens with two attached hydrogens (primary N) is 1. The number of nitrogens with zero attached hydrogens (tertiary/aromatic N) is 3. The summed E-state index contributed by atoms with van der Waals surface area (Å²) in [6.45, 7) is 8.65. The highest BCUT2D eigenvalue weighted by Crippen LogP contribution is 2.25. The average Bonchev–Trinajstić information content (AvgIpc) is 2.68. The Balaban J connectivity index is 1.51. The quantitative estimate of drug-likeness (QED) is 0.751. The van der Waals surface area contributed by atoms with Gasteiger partial charge in [-0.05, 0) is 55.8 Å². The van der Waals surface area contributed by atoms with E-state index in [4.69, 9.17) is 5.73 Å². The Morgan fingerprint density at radius 2 is 2.00 bits per heavy atom. The van der Waals surface area contributed by atoms with Crippen molar-refractivity contribution in [2.75, 3.05) is 25.4 Å². The molecular formula is C23H33N5O. The molecule has 3 N–H and O–H groups in total. The van der Waals surface area contributed by atoms with E-state index in [0.717, 1.165) is 43.6 Å². The molecule has 1 aromatic heterocycles. The van der Waals surface area contributed by atoms with E-state index in [-0.39, 0.29) is 11.9 Å². The lowest BCUT2D eigenvalue weighted by Crippen LogP contribution is -2.42. The Labute approximate surface area is 173 Å². The molecule has 2 heterocycles. The number of likely N-dealkylation sites (tertiary alicyclic amines) is 1. The van der Waals surface area contributed by atoms with Crippen LogP contribution in [0.1, 0.15) is 62.4 Å². The molecule has 0 radical (unpaired) electrons. The number of hydrogen-bond donors (Lipinski definition) is 2. The molecule has 2 aromatic rings. The van der Waals surface area contributed by atoms with Crippen molar-refractivity contribution in [1.29, 1.82) is 0 Å². The number of aromatic nitrogens is 2. The fourth-order valence-corrected chi connectivity index (χ4v) is 4.04. The highest BCUT2D eigenvalue weighted by molar-refractivity contribution is 5.78. The van der Waals surface area contributed by atoms with Crippen molar-refractivity contribution in [3.8, 4) is 0 Å². The lowest BCUT2D eigenvalue weighted by molar-refractivity contribution is -0.123. The van der Waals surface area contributed by atoms with E-state index in [2.05, 4.69) is 58.3 Å². The van der Waals surface area contributed by atoms with Crippen molar-refractivity contribution in [3.05, 3.63) is 53.3 Å². The topological polar surface area (TPSA) is 84.1 Å².